The van der Waals surface area contributed by atoms with Gasteiger partial charge in [0, 0.05) is 54.5 Å². The second-order valence-electron chi connectivity index (χ2n) is 9.15. The topological polar surface area (TPSA) is 120 Å². The fourth-order valence-electron chi connectivity index (χ4n) is 4.70. The van der Waals surface area contributed by atoms with Crippen molar-refractivity contribution in [2.45, 2.75) is 25.1 Å². The normalized spacial score (nSPS) is 17.3. The number of carbonyl (C=O) groups is 2. The number of alkyl halides is 1. The lowest BCUT2D eigenvalue weighted by Gasteiger charge is -2.27. The SMILES string of the molecule is COCc1cc2c(ccn2C(N)=O)cc1Oc1ccnc(NC(=O)c2ccc(C3CCNCC3F)cc2)c1. The molecule has 1 saturated heterocycles. The quantitative estimate of drug-likeness (QED) is 0.330. The first kappa shape index (κ1) is 25.4. The molecule has 0 aliphatic carbocycles. The lowest BCUT2D eigenvalue weighted by molar-refractivity contribution is 0.102. The molecule has 2 unspecified atom stereocenters. The van der Waals surface area contributed by atoms with Gasteiger partial charge in [-0.2, -0.15) is 0 Å². The number of nitrogens with one attached hydrogen (secondary N) is 2. The summed E-state index contributed by atoms with van der Waals surface area (Å²) in [5.74, 6) is 0.798. The van der Waals surface area contributed by atoms with Crippen molar-refractivity contribution in [2.24, 2.45) is 5.73 Å². The van der Waals surface area contributed by atoms with Crippen LogP contribution in [-0.4, -0.2) is 47.9 Å². The van der Waals surface area contributed by atoms with Crippen molar-refractivity contribution in [3.63, 3.8) is 0 Å². The molecule has 0 bridgehead atoms. The van der Waals surface area contributed by atoms with E-state index in [1.807, 2.05) is 12.1 Å². The summed E-state index contributed by atoms with van der Waals surface area (Å²) in [6.45, 7) is 1.37. The Hall–Kier alpha value is -4.28. The van der Waals surface area contributed by atoms with Gasteiger partial charge in [0.15, 0.2) is 0 Å². The molecule has 0 radical (unpaired) electrons. The summed E-state index contributed by atoms with van der Waals surface area (Å²) in [6, 6.07) is 15.1. The largest absolute Gasteiger partial charge is 0.457 e. The highest BCUT2D eigenvalue weighted by Gasteiger charge is 2.26. The third kappa shape index (κ3) is 5.36. The van der Waals surface area contributed by atoms with Crippen molar-refractivity contribution >= 4 is 28.7 Å². The molecular weight excluding hydrogens is 489 g/mol. The summed E-state index contributed by atoms with van der Waals surface area (Å²) in [6.07, 6.45) is 2.91. The first-order valence-corrected chi connectivity index (χ1v) is 12.3. The Kier molecular flexibility index (Phi) is 7.34. The van der Waals surface area contributed by atoms with Crippen LogP contribution in [0.3, 0.4) is 0 Å². The van der Waals surface area contributed by atoms with Crippen LogP contribution in [0, 0.1) is 0 Å². The smallest absolute Gasteiger partial charge is 0.323 e. The van der Waals surface area contributed by atoms with Crippen LogP contribution in [-0.2, 0) is 11.3 Å². The number of rotatable bonds is 7. The van der Waals surface area contributed by atoms with E-state index in [0.29, 0.717) is 40.5 Å². The minimum atomic E-state index is -0.941. The number of primary amides is 1. The monoisotopic (exact) mass is 517 g/mol. The molecule has 3 heterocycles. The molecule has 38 heavy (non-hydrogen) atoms. The Morgan fingerprint density at radius 3 is 2.74 bits per heavy atom. The molecule has 1 aliphatic heterocycles. The molecule has 0 saturated carbocycles. The maximum Gasteiger partial charge on any atom is 0.323 e. The Morgan fingerprint density at radius 2 is 2.00 bits per heavy atom. The van der Waals surface area contributed by atoms with Gasteiger partial charge in [-0.25, -0.2) is 14.2 Å². The van der Waals surface area contributed by atoms with Crippen molar-refractivity contribution in [2.75, 3.05) is 25.5 Å². The molecule has 9 nitrogen and oxygen atoms in total. The molecule has 4 aromatic rings. The molecule has 2 aromatic heterocycles. The van der Waals surface area contributed by atoms with Gasteiger partial charge in [0.05, 0.1) is 12.1 Å². The number of fused-ring (bicyclic) bond motifs is 1. The zero-order valence-corrected chi connectivity index (χ0v) is 20.8. The van der Waals surface area contributed by atoms with Crippen molar-refractivity contribution < 1.29 is 23.5 Å². The molecule has 10 heteroatoms. The van der Waals surface area contributed by atoms with Gasteiger partial charge >= 0.3 is 6.03 Å². The summed E-state index contributed by atoms with van der Waals surface area (Å²) in [5, 5.41) is 6.61. The van der Waals surface area contributed by atoms with Crippen molar-refractivity contribution in [1.82, 2.24) is 14.9 Å². The third-order valence-corrected chi connectivity index (χ3v) is 6.62. The van der Waals surface area contributed by atoms with Gasteiger partial charge < -0.3 is 25.8 Å². The van der Waals surface area contributed by atoms with E-state index >= 15 is 0 Å². The lowest BCUT2D eigenvalue weighted by atomic mass is 9.88. The summed E-state index contributed by atoms with van der Waals surface area (Å²) in [5.41, 5.74) is 8.15. The number of hydrogen-bond acceptors (Lipinski definition) is 6. The number of methoxy groups -OCH3 is 1. The molecule has 2 atom stereocenters. The van der Waals surface area contributed by atoms with Gasteiger partial charge in [-0.05, 0) is 54.9 Å². The second kappa shape index (κ2) is 11.0. The highest BCUT2D eigenvalue weighted by atomic mass is 19.1. The number of benzene rings is 2. The zero-order chi connectivity index (χ0) is 26.6. The lowest BCUT2D eigenvalue weighted by Crippen LogP contribution is -2.36. The van der Waals surface area contributed by atoms with E-state index < -0.39 is 12.2 Å². The number of nitrogens with zero attached hydrogens (tertiary/aromatic N) is 2. The molecule has 1 aliphatic rings. The number of piperidine rings is 1. The van der Waals surface area contributed by atoms with Crippen LogP contribution < -0.4 is 21.1 Å². The minimum absolute atomic E-state index is 0.166. The average Bonchev–Trinajstić information content (AvgIpc) is 3.33. The number of aromatic nitrogens is 2. The molecule has 4 N–H and O–H groups in total. The summed E-state index contributed by atoms with van der Waals surface area (Å²) >= 11 is 0. The Morgan fingerprint density at radius 1 is 1.18 bits per heavy atom. The number of hydrogen-bond donors (Lipinski definition) is 3. The Bertz CT molecular complexity index is 1470. The molecule has 2 aromatic carbocycles. The van der Waals surface area contributed by atoms with E-state index in [2.05, 4.69) is 15.6 Å². The minimum Gasteiger partial charge on any atom is -0.457 e. The number of pyridine rings is 1. The molecular formula is C28H28FN5O4. The van der Waals surface area contributed by atoms with Gasteiger partial charge in [-0.3, -0.25) is 9.36 Å². The van der Waals surface area contributed by atoms with E-state index in [0.717, 1.165) is 23.9 Å². The van der Waals surface area contributed by atoms with E-state index in [4.69, 9.17) is 15.2 Å². The molecule has 2 amide bonds. The molecule has 5 rings (SSSR count). The predicted octanol–water partition coefficient (Wildman–Crippen LogP) is 4.57. The summed E-state index contributed by atoms with van der Waals surface area (Å²) < 4.78 is 27.1. The number of anilines is 1. The Balaban J connectivity index is 1.32. The van der Waals surface area contributed by atoms with Crippen LogP contribution in [0.1, 0.15) is 33.8 Å². The van der Waals surface area contributed by atoms with Crippen LogP contribution in [0.2, 0.25) is 0 Å². The number of nitrogens with two attached hydrogens (primary N) is 1. The first-order valence-electron chi connectivity index (χ1n) is 12.3. The van der Waals surface area contributed by atoms with Gasteiger partial charge in [0.25, 0.3) is 5.91 Å². The number of ether oxygens (including phenoxy) is 2. The number of halogens is 1. The maximum absolute atomic E-state index is 14.3. The first-order chi connectivity index (χ1) is 18.4. The predicted molar refractivity (Wildman–Crippen MR) is 141 cm³/mol. The van der Waals surface area contributed by atoms with E-state index in [-0.39, 0.29) is 18.4 Å². The van der Waals surface area contributed by atoms with E-state index in [9.17, 15) is 14.0 Å². The van der Waals surface area contributed by atoms with Gasteiger partial charge in [0.1, 0.15) is 23.5 Å². The third-order valence-electron chi connectivity index (χ3n) is 6.62. The van der Waals surface area contributed by atoms with Crippen LogP contribution in [0.5, 0.6) is 11.5 Å². The van der Waals surface area contributed by atoms with Crippen LogP contribution >= 0.6 is 0 Å². The maximum atomic E-state index is 14.3. The van der Waals surface area contributed by atoms with Gasteiger partial charge in [-0.1, -0.05) is 12.1 Å². The van der Waals surface area contributed by atoms with Gasteiger partial charge in [-0.15, -0.1) is 0 Å². The highest BCUT2D eigenvalue weighted by Crippen LogP contribution is 2.32. The molecule has 196 valence electrons. The van der Waals surface area contributed by atoms with Gasteiger partial charge in [0.2, 0.25) is 0 Å². The van der Waals surface area contributed by atoms with Crippen LogP contribution in [0.4, 0.5) is 15.0 Å². The van der Waals surface area contributed by atoms with Crippen molar-refractivity contribution in [1.29, 1.82) is 0 Å². The Labute approximate surface area is 218 Å². The average molecular weight is 518 g/mol. The van der Waals surface area contributed by atoms with Crippen LogP contribution in [0.25, 0.3) is 10.9 Å². The fourth-order valence-corrected chi connectivity index (χ4v) is 4.70. The number of carbonyl (C=O) groups excluding carboxylic acids is 2. The molecule has 0 spiro atoms. The van der Waals surface area contributed by atoms with E-state index in [1.165, 1.54) is 10.8 Å². The van der Waals surface area contributed by atoms with Crippen LogP contribution in [0.15, 0.2) is 67.0 Å². The van der Waals surface area contributed by atoms with E-state index in [1.54, 1.807) is 55.8 Å². The standard InChI is InChI=1S/C28H28FN5O4/c1-37-16-20-12-24-19(8-11-34(24)28(30)36)13-25(20)38-21-6-10-32-26(14-21)33-27(35)18-4-2-17(3-5-18)22-7-9-31-15-23(22)29/h2-6,8,10-14,22-23,31H,7,9,15-16H2,1H3,(H2,30,36)(H,32,33,35). The second-order valence-corrected chi connectivity index (χ2v) is 9.15. The summed E-state index contributed by atoms with van der Waals surface area (Å²) in [7, 11) is 1.57. The summed E-state index contributed by atoms with van der Waals surface area (Å²) in [4.78, 5) is 28.8. The highest BCUT2D eigenvalue weighted by molar-refractivity contribution is 6.03. The number of amides is 2. The fraction of sp³-hybridized carbons (Fsp3) is 0.250. The zero-order valence-electron chi connectivity index (χ0n) is 20.8. The molecule has 1 fully saturated rings. The van der Waals surface area contributed by atoms with Crippen molar-refractivity contribution in [3.8, 4) is 11.5 Å². The van der Waals surface area contributed by atoms with Crippen molar-refractivity contribution in [3.05, 3.63) is 83.7 Å².